The smallest absolute Gasteiger partial charge is 0.326 e. The van der Waals surface area contributed by atoms with Crippen LogP contribution in [0.2, 0.25) is 0 Å². The van der Waals surface area contributed by atoms with Gasteiger partial charge in [-0.15, -0.1) is 0 Å². The summed E-state index contributed by atoms with van der Waals surface area (Å²) in [5.41, 5.74) is -0.349. The summed E-state index contributed by atoms with van der Waals surface area (Å²) < 4.78 is 21.6. The first-order valence-corrected chi connectivity index (χ1v) is 9.01. The topological polar surface area (TPSA) is 75.0 Å². The largest absolute Gasteiger partial charge is 0.468 e. The number of hydrogen-bond acceptors (Lipinski definition) is 6. The summed E-state index contributed by atoms with van der Waals surface area (Å²) in [6, 6.07) is 13.5. The summed E-state index contributed by atoms with van der Waals surface area (Å²) in [6.07, 6.45) is 2.95. The van der Waals surface area contributed by atoms with Gasteiger partial charge in [0.2, 0.25) is 0 Å². The Hall–Kier alpha value is -2.60. The van der Waals surface area contributed by atoms with E-state index in [2.05, 4.69) is 12.1 Å². The number of furan rings is 1. The maximum absolute atomic E-state index is 12.6. The molecule has 0 bridgehead atoms. The summed E-state index contributed by atoms with van der Waals surface area (Å²) in [7, 11) is 2.52. The molecule has 3 rings (SSSR count). The number of benzene rings is 1. The van der Waals surface area contributed by atoms with Crippen LogP contribution in [-0.2, 0) is 30.2 Å². The highest BCUT2D eigenvalue weighted by molar-refractivity contribution is 6.01. The molecule has 144 valence electrons. The van der Waals surface area contributed by atoms with E-state index < -0.39 is 23.5 Å². The molecule has 6 heteroatoms. The highest BCUT2D eigenvalue weighted by atomic mass is 16.6. The van der Waals surface area contributed by atoms with Gasteiger partial charge < -0.3 is 18.6 Å². The van der Waals surface area contributed by atoms with Crippen LogP contribution in [0, 0.1) is 5.41 Å². The van der Waals surface area contributed by atoms with Crippen molar-refractivity contribution in [3.63, 3.8) is 0 Å². The number of methoxy groups -OCH3 is 2. The third kappa shape index (κ3) is 3.76. The van der Waals surface area contributed by atoms with Crippen LogP contribution in [-0.4, -0.2) is 32.3 Å². The van der Waals surface area contributed by atoms with Crippen molar-refractivity contribution in [3.05, 3.63) is 60.1 Å². The van der Waals surface area contributed by atoms with Gasteiger partial charge in [-0.05, 0) is 43.4 Å². The normalized spacial score (nSPS) is 21.4. The van der Waals surface area contributed by atoms with Gasteiger partial charge in [0.25, 0.3) is 0 Å². The van der Waals surface area contributed by atoms with Crippen molar-refractivity contribution >= 4 is 11.9 Å². The molecular weight excluding hydrogens is 348 g/mol. The molecule has 6 nitrogen and oxygen atoms in total. The van der Waals surface area contributed by atoms with Gasteiger partial charge in [-0.3, -0.25) is 9.59 Å². The van der Waals surface area contributed by atoms with E-state index in [0.717, 1.165) is 12.8 Å². The minimum absolute atomic E-state index is 0.109. The molecule has 0 aliphatic carbocycles. The van der Waals surface area contributed by atoms with Crippen molar-refractivity contribution in [1.82, 2.24) is 0 Å². The van der Waals surface area contributed by atoms with Crippen molar-refractivity contribution in [2.75, 3.05) is 14.2 Å². The number of hydrogen-bond donors (Lipinski definition) is 0. The van der Waals surface area contributed by atoms with Gasteiger partial charge in [0, 0.05) is 0 Å². The highest BCUT2D eigenvalue weighted by Gasteiger charge is 2.59. The number of ether oxygens (including phenoxy) is 3. The number of carbonyl (C=O) groups excluding carboxylic acids is 2. The fraction of sp³-hybridized carbons (Fsp3) is 0.429. The third-order valence-electron chi connectivity index (χ3n) is 5.14. The Morgan fingerprint density at radius 2 is 1.78 bits per heavy atom. The molecular formula is C21H24O6. The van der Waals surface area contributed by atoms with E-state index in [1.54, 1.807) is 12.1 Å². The van der Waals surface area contributed by atoms with E-state index >= 15 is 0 Å². The van der Waals surface area contributed by atoms with Gasteiger partial charge in [0.1, 0.15) is 11.9 Å². The molecule has 1 aliphatic heterocycles. The van der Waals surface area contributed by atoms with Crippen LogP contribution in [0.15, 0.2) is 53.1 Å². The zero-order chi connectivity index (χ0) is 19.3. The number of rotatable bonds is 6. The lowest BCUT2D eigenvalue weighted by Crippen LogP contribution is -2.51. The minimum Gasteiger partial charge on any atom is -0.468 e. The Balaban J connectivity index is 1.84. The lowest BCUT2D eigenvalue weighted by molar-refractivity contribution is -0.201. The lowest BCUT2D eigenvalue weighted by atomic mass is 9.73. The number of carbonyl (C=O) groups is 2. The molecule has 2 aromatic rings. The molecule has 0 unspecified atom stereocenters. The molecule has 0 amide bonds. The average Bonchev–Trinajstić information content (AvgIpc) is 3.26. The van der Waals surface area contributed by atoms with E-state index in [1.807, 2.05) is 18.2 Å². The van der Waals surface area contributed by atoms with Crippen molar-refractivity contribution in [1.29, 1.82) is 0 Å². The van der Waals surface area contributed by atoms with E-state index in [0.29, 0.717) is 12.2 Å². The lowest BCUT2D eigenvalue weighted by Gasteiger charge is -2.41. The van der Waals surface area contributed by atoms with Crippen LogP contribution in [0.25, 0.3) is 0 Å². The quantitative estimate of drug-likeness (QED) is 0.571. The maximum atomic E-state index is 12.6. The summed E-state index contributed by atoms with van der Waals surface area (Å²) in [4.78, 5) is 25.3. The predicted molar refractivity (Wildman–Crippen MR) is 96.8 cm³/mol. The zero-order valence-electron chi connectivity index (χ0n) is 15.6. The predicted octanol–water partition coefficient (Wildman–Crippen LogP) is 3.46. The molecule has 1 saturated heterocycles. The first-order chi connectivity index (χ1) is 13.1. The minimum atomic E-state index is -1.56. The molecule has 2 atom stereocenters. The van der Waals surface area contributed by atoms with Crippen molar-refractivity contribution in [2.24, 2.45) is 5.41 Å². The fourth-order valence-corrected chi connectivity index (χ4v) is 3.70. The zero-order valence-corrected chi connectivity index (χ0v) is 15.6. The fourth-order valence-electron chi connectivity index (χ4n) is 3.70. The van der Waals surface area contributed by atoms with Crippen LogP contribution in [0.1, 0.15) is 36.7 Å². The van der Waals surface area contributed by atoms with Gasteiger partial charge in [-0.25, -0.2) is 0 Å². The average molecular weight is 372 g/mol. The molecule has 0 spiro atoms. The van der Waals surface area contributed by atoms with Gasteiger partial charge in [0.05, 0.1) is 26.6 Å². The van der Waals surface area contributed by atoms with Crippen molar-refractivity contribution < 1.29 is 28.2 Å². The first-order valence-electron chi connectivity index (χ1n) is 9.01. The SMILES string of the molecule is COC(=O)C1(C(=O)OC)CC[C@@H](CCc2ccccc2)O[C@H]1c1ccco1. The van der Waals surface area contributed by atoms with Gasteiger partial charge in [-0.2, -0.15) is 0 Å². The molecule has 2 heterocycles. The first kappa shape index (κ1) is 19.2. The summed E-state index contributed by atoms with van der Waals surface area (Å²) in [5.74, 6) is -0.926. The molecule has 0 N–H and O–H groups in total. The Morgan fingerprint density at radius 1 is 1.07 bits per heavy atom. The second kappa shape index (κ2) is 8.39. The molecule has 1 aromatic heterocycles. The Bertz CT molecular complexity index is 736. The number of esters is 2. The highest BCUT2D eigenvalue weighted by Crippen LogP contribution is 2.48. The van der Waals surface area contributed by atoms with Crippen LogP contribution >= 0.6 is 0 Å². The molecule has 0 radical (unpaired) electrons. The maximum Gasteiger partial charge on any atom is 0.326 e. The standard InChI is InChI=1S/C21H24O6/c1-24-19(22)21(20(23)25-2)13-12-16(11-10-15-7-4-3-5-8-15)27-18(21)17-9-6-14-26-17/h3-9,14,16,18H,10-13H2,1-2H3/t16-,18+/m1/s1. The van der Waals surface area contributed by atoms with Crippen LogP contribution in [0.4, 0.5) is 0 Å². The van der Waals surface area contributed by atoms with Crippen LogP contribution in [0.5, 0.6) is 0 Å². The Labute approximate surface area is 158 Å². The summed E-state index contributed by atoms with van der Waals surface area (Å²) >= 11 is 0. The molecule has 27 heavy (non-hydrogen) atoms. The molecule has 0 saturated carbocycles. The Morgan fingerprint density at radius 3 is 2.37 bits per heavy atom. The van der Waals surface area contributed by atoms with Crippen LogP contribution < -0.4 is 0 Å². The van der Waals surface area contributed by atoms with Gasteiger partial charge in [-0.1, -0.05) is 30.3 Å². The number of aryl methyl sites for hydroxylation is 1. The second-order valence-corrected chi connectivity index (χ2v) is 6.67. The summed E-state index contributed by atoms with van der Waals surface area (Å²) in [6.45, 7) is 0. The molecule has 1 fully saturated rings. The van der Waals surface area contributed by atoms with E-state index in [4.69, 9.17) is 18.6 Å². The van der Waals surface area contributed by atoms with Crippen molar-refractivity contribution in [2.45, 2.75) is 37.9 Å². The monoisotopic (exact) mass is 372 g/mol. The second-order valence-electron chi connectivity index (χ2n) is 6.67. The van der Waals surface area contributed by atoms with Gasteiger partial charge in [0.15, 0.2) is 5.41 Å². The summed E-state index contributed by atoms with van der Waals surface area (Å²) in [5, 5.41) is 0. The van der Waals surface area contributed by atoms with E-state index in [9.17, 15) is 9.59 Å². The van der Waals surface area contributed by atoms with Crippen LogP contribution in [0.3, 0.4) is 0 Å². The third-order valence-corrected chi connectivity index (χ3v) is 5.14. The van der Waals surface area contributed by atoms with Crippen molar-refractivity contribution in [3.8, 4) is 0 Å². The van der Waals surface area contributed by atoms with E-state index in [1.165, 1.54) is 26.0 Å². The van der Waals surface area contributed by atoms with Gasteiger partial charge >= 0.3 is 11.9 Å². The molecule has 1 aromatic carbocycles. The Kier molecular flexibility index (Phi) is 5.96. The van der Waals surface area contributed by atoms with E-state index in [-0.39, 0.29) is 12.5 Å². The molecule has 1 aliphatic rings.